The fourth-order valence-electron chi connectivity index (χ4n) is 1.61. The van der Waals surface area contributed by atoms with Crippen LogP contribution in [0.1, 0.15) is 43.6 Å². The Morgan fingerprint density at radius 2 is 2.21 bits per heavy atom. The number of rotatable bonds is 5. The maximum Gasteiger partial charge on any atom is 0.0576 e. The third kappa shape index (κ3) is 3.11. The maximum atomic E-state index is 4.53. The van der Waals surface area contributed by atoms with Gasteiger partial charge in [-0.3, -0.25) is 4.98 Å². The van der Waals surface area contributed by atoms with Crippen molar-refractivity contribution in [3.63, 3.8) is 0 Å². The molecule has 1 rings (SSSR count). The summed E-state index contributed by atoms with van der Waals surface area (Å²) in [7, 11) is 2.00. The molecular formula is C12H20N2. The van der Waals surface area contributed by atoms with Gasteiger partial charge in [0.15, 0.2) is 0 Å². The Morgan fingerprint density at radius 1 is 1.43 bits per heavy atom. The van der Waals surface area contributed by atoms with Crippen LogP contribution >= 0.6 is 0 Å². The van der Waals surface area contributed by atoms with Crippen LogP contribution in [0, 0.1) is 6.92 Å². The molecule has 14 heavy (non-hydrogen) atoms. The van der Waals surface area contributed by atoms with Gasteiger partial charge >= 0.3 is 0 Å². The molecule has 1 N–H and O–H groups in total. The van der Waals surface area contributed by atoms with Crippen molar-refractivity contribution in [2.75, 3.05) is 7.05 Å². The third-order valence-corrected chi connectivity index (χ3v) is 2.46. The summed E-state index contributed by atoms with van der Waals surface area (Å²) < 4.78 is 0. The van der Waals surface area contributed by atoms with Gasteiger partial charge in [-0.15, -0.1) is 0 Å². The van der Waals surface area contributed by atoms with Gasteiger partial charge in [-0.1, -0.05) is 25.8 Å². The van der Waals surface area contributed by atoms with E-state index in [1.807, 2.05) is 20.0 Å². The Hall–Kier alpha value is -0.890. The molecule has 1 unspecified atom stereocenters. The smallest absolute Gasteiger partial charge is 0.0576 e. The SMILES string of the molecule is CCCCC(NC)c1cccc(C)n1. The van der Waals surface area contributed by atoms with Crippen LogP contribution in [-0.4, -0.2) is 12.0 Å². The topological polar surface area (TPSA) is 24.9 Å². The minimum atomic E-state index is 0.412. The average molecular weight is 192 g/mol. The average Bonchev–Trinajstić information content (AvgIpc) is 2.19. The van der Waals surface area contributed by atoms with Gasteiger partial charge in [0, 0.05) is 11.7 Å². The molecule has 1 aromatic heterocycles. The molecule has 0 aliphatic rings. The van der Waals surface area contributed by atoms with E-state index >= 15 is 0 Å². The van der Waals surface area contributed by atoms with Gasteiger partial charge in [0.2, 0.25) is 0 Å². The normalized spacial score (nSPS) is 12.8. The van der Waals surface area contributed by atoms with Crippen molar-refractivity contribution < 1.29 is 0 Å². The summed E-state index contributed by atoms with van der Waals surface area (Å²) in [6, 6.07) is 6.63. The number of hydrogen-bond donors (Lipinski definition) is 1. The van der Waals surface area contributed by atoms with Crippen LogP contribution in [0.15, 0.2) is 18.2 Å². The van der Waals surface area contributed by atoms with Crippen molar-refractivity contribution in [3.8, 4) is 0 Å². The molecule has 2 nitrogen and oxygen atoms in total. The first kappa shape index (κ1) is 11.2. The monoisotopic (exact) mass is 192 g/mol. The number of nitrogens with zero attached hydrogens (tertiary/aromatic N) is 1. The van der Waals surface area contributed by atoms with Gasteiger partial charge in [-0.2, -0.15) is 0 Å². The van der Waals surface area contributed by atoms with Gasteiger partial charge in [0.05, 0.1) is 5.69 Å². The van der Waals surface area contributed by atoms with Gasteiger partial charge in [0.1, 0.15) is 0 Å². The van der Waals surface area contributed by atoms with Crippen LogP contribution < -0.4 is 5.32 Å². The number of nitrogens with one attached hydrogen (secondary N) is 1. The molecule has 0 fully saturated rings. The van der Waals surface area contributed by atoms with E-state index in [9.17, 15) is 0 Å². The molecule has 2 heteroatoms. The predicted molar refractivity (Wildman–Crippen MR) is 60.3 cm³/mol. The summed E-state index contributed by atoms with van der Waals surface area (Å²) in [5, 5.41) is 3.32. The highest BCUT2D eigenvalue weighted by molar-refractivity contribution is 5.13. The minimum Gasteiger partial charge on any atom is -0.312 e. The van der Waals surface area contributed by atoms with Gasteiger partial charge in [-0.25, -0.2) is 0 Å². The van der Waals surface area contributed by atoms with Crippen LogP contribution in [-0.2, 0) is 0 Å². The van der Waals surface area contributed by atoms with Crippen molar-refractivity contribution in [3.05, 3.63) is 29.6 Å². The summed E-state index contributed by atoms with van der Waals surface area (Å²) in [5.41, 5.74) is 2.26. The highest BCUT2D eigenvalue weighted by atomic mass is 14.9. The van der Waals surface area contributed by atoms with Crippen molar-refractivity contribution in [2.45, 2.75) is 39.2 Å². The lowest BCUT2D eigenvalue weighted by molar-refractivity contribution is 0.510. The number of aromatic nitrogens is 1. The second-order valence-corrected chi connectivity index (χ2v) is 3.69. The second kappa shape index (κ2) is 5.76. The zero-order valence-electron chi connectivity index (χ0n) is 9.38. The first-order valence-corrected chi connectivity index (χ1v) is 5.38. The highest BCUT2D eigenvalue weighted by Crippen LogP contribution is 2.16. The zero-order chi connectivity index (χ0) is 10.4. The largest absolute Gasteiger partial charge is 0.312 e. The first-order chi connectivity index (χ1) is 6.77. The molecule has 0 aliphatic heterocycles. The lowest BCUT2D eigenvalue weighted by Crippen LogP contribution is -2.17. The lowest BCUT2D eigenvalue weighted by Gasteiger charge is -2.15. The first-order valence-electron chi connectivity index (χ1n) is 5.38. The Bertz CT molecular complexity index is 271. The number of pyridine rings is 1. The van der Waals surface area contributed by atoms with Crippen molar-refractivity contribution in [1.82, 2.24) is 10.3 Å². The standard InChI is InChI=1S/C12H20N2/c1-4-5-8-11(13-3)12-9-6-7-10(2)14-12/h6-7,9,11,13H,4-5,8H2,1-3H3. The van der Waals surface area contributed by atoms with E-state index < -0.39 is 0 Å². The van der Waals surface area contributed by atoms with Crippen molar-refractivity contribution in [1.29, 1.82) is 0 Å². The Labute approximate surface area is 86.8 Å². The highest BCUT2D eigenvalue weighted by Gasteiger charge is 2.09. The quantitative estimate of drug-likeness (QED) is 0.776. The molecule has 0 radical (unpaired) electrons. The van der Waals surface area contributed by atoms with E-state index in [2.05, 4.69) is 29.4 Å². The third-order valence-electron chi connectivity index (χ3n) is 2.46. The van der Waals surface area contributed by atoms with Crippen LogP contribution in [0.2, 0.25) is 0 Å². The summed E-state index contributed by atoms with van der Waals surface area (Å²) in [4.78, 5) is 4.53. The number of hydrogen-bond acceptors (Lipinski definition) is 2. The molecule has 0 aliphatic carbocycles. The molecule has 0 aromatic carbocycles. The van der Waals surface area contributed by atoms with Crippen molar-refractivity contribution in [2.24, 2.45) is 0 Å². The van der Waals surface area contributed by atoms with E-state index in [-0.39, 0.29) is 0 Å². The van der Waals surface area contributed by atoms with Crippen molar-refractivity contribution >= 4 is 0 Å². The molecule has 0 amide bonds. The molecule has 1 aromatic rings. The summed E-state index contributed by atoms with van der Waals surface area (Å²) in [5.74, 6) is 0. The maximum absolute atomic E-state index is 4.53. The van der Waals surface area contributed by atoms with Gasteiger partial charge < -0.3 is 5.32 Å². The summed E-state index contributed by atoms with van der Waals surface area (Å²) >= 11 is 0. The van der Waals surface area contributed by atoms with Crippen LogP contribution in [0.25, 0.3) is 0 Å². The summed E-state index contributed by atoms with van der Waals surface area (Å²) in [6.07, 6.45) is 3.66. The number of unbranched alkanes of at least 4 members (excludes halogenated alkanes) is 1. The molecule has 0 saturated carbocycles. The molecule has 78 valence electrons. The lowest BCUT2D eigenvalue weighted by atomic mass is 10.1. The molecule has 1 heterocycles. The fraction of sp³-hybridized carbons (Fsp3) is 0.583. The summed E-state index contributed by atoms with van der Waals surface area (Å²) in [6.45, 7) is 4.26. The molecule has 0 saturated heterocycles. The van der Waals surface area contributed by atoms with E-state index in [1.165, 1.54) is 25.0 Å². The predicted octanol–water partition coefficient (Wildman–Crippen LogP) is 2.84. The van der Waals surface area contributed by atoms with E-state index in [1.54, 1.807) is 0 Å². The Kier molecular flexibility index (Phi) is 4.60. The van der Waals surface area contributed by atoms with Crippen LogP contribution in [0.3, 0.4) is 0 Å². The Balaban J connectivity index is 2.68. The molecular weight excluding hydrogens is 172 g/mol. The van der Waals surface area contributed by atoms with E-state index in [4.69, 9.17) is 0 Å². The van der Waals surface area contributed by atoms with Gasteiger partial charge in [0.25, 0.3) is 0 Å². The Morgan fingerprint density at radius 3 is 2.79 bits per heavy atom. The second-order valence-electron chi connectivity index (χ2n) is 3.69. The van der Waals surface area contributed by atoms with E-state index in [0.717, 1.165) is 5.69 Å². The number of aryl methyl sites for hydroxylation is 1. The zero-order valence-corrected chi connectivity index (χ0v) is 9.38. The van der Waals surface area contributed by atoms with E-state index in [0.29, 0.717) is 6.04 Å². The molecule has 0 spiro atoms. The minimum absolute atomic E-state index is 0.412. The van der Waals surface area contributed by atoms with Crippen LogP contribution in [0.4, 0.5) is 0 Å². The van der Waals surface area contributed by atoms with Gasteiger partial charge in [-0.05, 0) is 32.5 Å². The fourth-order valence-corrected chi connectivity index (χ4v) is 1.61. The molecule has 0 bridgehead atoms. The van der Waals surface area contributed by atoms with Crippen LogP contribution in [0.5, 0.6) is 0 Å². The molecule has 1 atom stereocenters.